The summed E-state index contributed by atoms with van der Waals surface area (Å²) in [5.41, 5.74) is 1.93. The quantitative estimate of drug-likeness (QED) is 0.537. The molecule has 0 aromatic heterocycles. The van der Waals surface area contributed by atoms with Crippen molar-refractivity contribution in [1.82, 2.24) is 0 Å². The molecule has 2 aromatic rings. The Balaban J connectivity index is 2.26. The second kappa shape index (κ2) is 5.81. The third-order valence-corrected chi connectivity index (χ3v) is 3.95. The highest BCUT2D eigenvalue weighted by Crippen LogP contribution is 2.22. The predicted octanol–water partition coefficient (Wildman–Crippen LogP) is 4.35. The topological polar surface area (TPSA) is 32.6 Å². The van der Waals surface area contributed by atoms with Gasteiger partial charge in [0.15, 0.2) is 0 Å². The SMILES string of the molecule is Oc1ccc(C=Nc2ccccc2I)cc1I. The second-order valence-corrected chi connectivity index (χ2v) is 5.74. The molecule has 4 heteroatoms. The highest BCUT2D eigenvalue weighted by Gasteiger charge is 1.98. The molecule has 0 aliphatic rings. The Bertz CT molecular complexity index is 567. The Morgan fingerprint density at radius 3 is 2.47 bits per heavy atom. The van der Waals surface area contributed by atoms with Gasteiger partial charge < -0.3 is 5.11 Å². The Kier molecular flexibility index (Phi) is 4.38. The zero-order valence-electron chi connectivity index (χ0n) is 8.77. The van der Waals surface area contributed by atoms with E-state index in [1.165, 1.54) is 0 Å². The highest BCUT2D eigenvalue weighted by molar-refractivity contribution is 14.1. The van der Waals surface area contributed by atoms with Crippen LogP contribution in [0, 0.1) is 7.14 Å². The third-order valence-electron chi connectivity index (χ3n) is 2.18. The standard InChI is InChI=1S/C13H9I2NO/c14-10-3-1-2-4-12(10)16-8-9-5-6-13(17)11(15)7-9/h1-8,17H. The van der Waals surface area contributed by atoms with Gasteiger partial charge in [-0.2, -0.15) is 0 Å². The first kappa shape index (κ1) is 12.8. The van der Waals surface area contributed by atoms with Crippen molar-refractivity contribution in [1.29, 1.82) is 0 Å². The molecule has 1 N–H and O–H groups in total. The number of halogens is 2. The molecular weight excluding hydrogens is 440 g/mol. The molecule has 0 heterocycles. The Morgan fingerprint density at radius 2 is 1.76 bits per heavy atom. The van der Waals surface area contributed by atoms with Crippen LogP contribution in [0.25, 0.3) is 0 Å². The number of para-hydroxylation sites is 1. The lowest BCUT2D eigenvalue weighted by molar-refractivity contribution is 0.471. The van der Waals surface area contributed by atoms with Crippen LogP contribution >= 0.6 is 45.2 Å². The van der Waals surface area contributed by atoms with Crippen LogP contribution in [-0.2, 0) is 0 Å². The number of phenols is 1. The van der Waals surface area contributed by atoms with Gasteiger partial charge in [-0.1, -0.05) is 12.1 Å². The smallest absolute Gasteiger partial charge is 0.128 e. The fourth-order valence-corrected chi connectivity index (χ4v) is 2.37. The van der Waals surface area contributed by atoms with Gasteiger partial charge in [-0.3, -0.25) is 4.99 Å². The summed E-state index contributed by atoms with van der Waals surface area (Å²) in [6, 6.07) is 13.4. The number of aromatic hydroxyl groups is 1. The van der Waals surface area contributed by atoms with Crippen molar-refractivity contribution >= 4 is 57.1 Å². The number of phenolic OH excluding ortho intramolecular Hbond substituents is 1. The van der Waals surface area contributed by atoms with E-state index in [0.29, 0.717) is 5.75 Å². The molecular formula is C13H9I2NO. The summed E-state index contributed by atoms with van der Waals surface area (Å²) >= 11 is 4.36. The van der Waals surface area contributed by atoms with Crippen molar-refractivity contribution in [3.05, 3.63) is 55.2 Å². The summed E-state index contributed by atoms with van der Waals surface area (Å²) in [6.07, 6.45) is 1.80. The lowest BCUT2D eigenvalue weighted by Gasteiger charge is -1.99. The molecule has 0 spiro atoms. The van der Waals surface area contributed by atoms with Crippen molar-refractivity contribution in [3.8, 4) is 5.75 Å². The third kappa shape index (κ3) is 3.41. The van der Waals surface area contributed by atoms with Gasteiger partial charge in [0.05, 0.1) is 9.26 Å². The molecule has 0 saturated heterocycles. The summed E-state index contributed by atoms with van der Waals surface area (Å²) in [5, 5.41) is 9.42. The van der Waals surface area contributed by atoms with Gasteiger partial charge in [0.25, 0.3) is 0 Å². The fraction of sp³-hybridized carbons (Fsp3) is 0. The lowest BCUT2D eigenvalue weighted by atomic mass is 10.2. The predicted molar refractivity (Wildman–Crippen MR) is 87.2 cm³/mol. The van der Waals surface area contributed by atoms with E-state index in [4.69, 9.17) is 0 Å². The Morgan fingerprint density at radius 1 is 1.00 bits per heavy atom. The summed E-state index contributed by atoms with van der Waals surface area (Å²) in [4.78, 5) is 4.43. The Labute approximate surface area is 127 Å². The minimum absolute atomic E-state index is 0.303. The van der Waals surface area contributed by atoms with Crippen LogP contribution in [0.4, 0.5) is 5.69 Å². The molecule has 0 fully saturated rings. The number of nitrogens with zero attached hydrogens (tertiary/aromatic N) is 1. The van der Waals surface area contributed by atoms with E-state index < -0.39 is 0 Å². The number of hydrogen-bond acceptors (Lipinski definition) is 2. The normalized spacial score (nSPS) is 10.9. The summed E-state index contributed by atoms with van der Waals surface area (Å²) in [7, 11) is 0. The average molecular weight is 449 g/mol. The zero-order chi connectivity index (χ0) is 12.3. The number of hydrogen-bond donors (Lipinski definition) is 1. The van der Waals surface area contributed by atoms with Gasteiger partial charge in [-0.25, -0.2) is 0 Å². The van der Waals surface area contributed by atoms with E-state index in [1.54, 1.807) is 12.3 Å². The van der Waals surface area contributed by atoms with Crippen LogP contribution in [0.2, 0.25) is 0 Å². The number of rotatable bonds is 2. The van der Waals surface area contributed by atoms with Crippen LogP contribution < -0.4 is 0 Å². The van der Waals surface area contributed by atoms with Crippen molar-refractivity contribution in [2.45, 2.75) is 0 Å². The maximum absolute atomic E-state index is 9.42. The molecule has 0 bridgehead atoms. The van der Waals surface area contributed by atoms with Crippen molar-refractivity contribution in [2.75, 3.05) is 0 Å². The van der Waals surface area contributed by atoms with Crippen LogP contribution in [-0.4, -0.2) is 11.3 Å². The zero-order valence-corrected chi connectivity index (χ0v) is 13.1. The largest absolute Gasteiger partial charge is 0.507 e. The molecule has 0 radical (unpaired) electrons. The van der Waals surface area contributed by atoms with Gasteiger partial charge in [0.1, 0.15) is 5.75 Å². The highest BCUT2D eigenvalue weighted by atomic mass is 127. The van der Waals surface area contributed by atoms with Crippen LogP contribution in [0.5, 0.6) is 5.75 Å². The summed E-state index contributed by atoms with van der Waals surface area (Å²) < 4.78 is 1.95. The van der Waals surface area contributed by atoms with E-state index >= 15 is 0 Å². The van der Waals surface area contributed by atoms with Gasteiger partial charge in [0.2, 0.25) is 0 Å². The van der Waals surface area contributed by atoms with Crippen LogP contribution in [0.3, 0.4) is 0 Å². The van der Waals surface area contributed by atoms with Gasteiger partial charge in [-0.05, 0) is 81.1 Å². The van der Waals surface area contributed by atoms with Crippen molar-refractivity contribution in [3.63, 3.8) is 0 Å². The van der Waals surface area contributed by atoms with E-state index in [0.717, 1.165) is 18.4 Å². The maximum Gasteiger partial charge on any atom is 0.128 e. The monoisotopic (exact) mass is 449 g/mol. The van der Waals surface area contributed by atoms with Gasteiger partial charge >= 0.3 is 0 Å². The molecule has 0 saturated carbocycles. The average Bonchev–Trinajstić information content (AvgIpc) is 2.32. The molecule has 2 rings (SSSR count). The minimum Gasteiger partial charge on any atom is -0.507 e. The Hall–Kier alpha value is -0.630. The van der Waals surface area contributed by atoms with Gasteiger partial charge in [0, 0.05) is 9.78 Å². The molecule has 0 aliphatic carbocycles. The van der Waals surface area contributed by atoms with E-state index in [1.807, 2.05) is 36.4 Å². The lowest BCUT2D eigenvalue weighted by Crippen LogP contribution is -1.83. The van der Waals surface area contributed by atoms with Crippen LogP contribution in [0.15, 0.2) is 47.5 Å². The first-order valence-corrected chi connectivity index (χ1v) is 7.09. The molecule has 2 nitrogen and oxygen atoms in total. The molecule has 0 amide bonds. The van der Waals surface area contributed by atoms with E-state index in [-0.39, 0.29) is 0 Å². The van der Waals surface area contributed by atoms with E-state index in [2.05, 4.69) is 50.2 Å². The number of benzene rings is 2. The fourth-order valence-electron chi connectivity index (χ4n) is 1.30. The summed E-state index contributed by atoms with van der Waals surface area (Å²) in [6.45, 7) is 0. The minimum atomic E-state index is 0.303. The molecule has 2 aromatic carbocycles. The van der Waals surface area contributed by atoms with Crippen molar-refractivity contribution in [2.24, 2.45) is 4.99 Å². The molecule has 17 heavy (non-hydrogen) atoms. The van der Waals surface area contributed by atoms with E-state index in [9.17, 15) is 5.11 Å². The molecule has 0 aliphatic heterocycles. The van der Waals surface area contributed by atoms with Crippen molar-refractivity contribution < 1.29 is 5.11 Å². The number of aliphatic imine (C=N–C) groups is 1. The van der Waals surface area contributed by atoms with Gasteiger partial charge in [-0.15, -0.1) is 0 Å². The molecule has 0 atom stereocenters. The second-order valence-electron chi connectivity index (χ2n) is 3.42. The van der Waals surface area contributed by atoms with Crippen LogP contribution in [0.1, 0.15) is 5.56 Å². The molecule has 0 unspecified atom stereocenters. The summed E-state index contributed by atoms with van der Waals surface area (Å²) in [5.74, 6) is 0.303. The first-order chi connectivity index (χ1) is 8.16. The maximum atomic E-state index is 9.42. The molecule has 86 valence electrons. The first-order valence-electron chi connectivity index (χ1n) is 4.94.